The maximum Gasteiger partial charge on any atom is 0.446 e. The zero-order valence-corrected chi connectivity index (χ0v) is 18.6. The zero-order chi connectivity index (χ0) is 26.4. The molecule has 6 N–H and O–H groups in total. The minimum absolute atomic E-state index is 0.0164. The Morgan fingerprint density at radius 1 is 0.972 bits per heavy atom. The van der Waals surface area contributed by atoms with Gasteiger partial charge in [0.2, 0.25) is 11.7 Å². The lowest BCUT2D eigenvalue weighted by Gasteiger charge is -2.38. The van der Waals surface area contributed by atoms with E-state index in [4.69, 9.17) is 23.6 Å². The van der Waals surface area contributed by atoms with E-state index in [0.29, 0.717) is 0 Å². The molecule has 36 heavy (non-hydrogen) atoms. The van der Waals surface area contributed by atoms with E-state index in [2.05, 4.69) is 4.18 Å². The van der Waals surface area contributed by atoms with Crippen LogP contribution in [0.15, 0.2) is 51.9 Å². The predicted octanol–water partition coefficient (Wildman–Crippen LogP) is -0.382. The maximum atomic E-state index is 13.0. The van der Waals surface area contributed by atoms with Crippen LogP contribution in [0.5, 0.6) is 17.2 Å². The number of ether oxygens (including phenoxy) is 2. The number of fused-ring (bicyclic) bond motifs is 1. The number of hydrogen-bond donors (Lipinski definition) is 6. The van der Waals surface area contributed by atoms with E-state index in [1.807, 2.05) is 0 Å². The summed E-state index contributed by atoms with van der Waals surface area (Å²) in [6, 6.07) is 7.09. The lowest BCUT2D eigenvalue weighted by Crippen LogP contribution is -2.61. The van der Waals surface area contributed by atoms with Crippen molar-refractivity contribution in [2.75, 3.05) is 0 Å². The number of aliphatic carboxylic acids is 1. The first-order chi connectivity index (χ1) is 16.9. The average Bonchev–Trinajstić information content (AvgIpc) is 2.79. The molecule has 0 bridgehead atoms. The van der Waals surface area contributed by atoms with Crippen LogP contribution in [0.25, 0.3) is 22.1 Å². The van der Waals surface area contributed by atoms with Gasteiger partial charge in [0.1, 0.15) is 52.8 Å². The fourth-order valence-electron chi connectivity index (χ4n) is 3.57. The molecule has 14 nitrogen and oxygen atoms in total. The minimum Gasteiger partial charge on any atom is -0.507 e. The molecule has 0 spiro atoms. The second kappa shape index (κ2) is 9.38. The monoisotopic (exact) mass is 526 g/mol. The van der Waals surface area contributed by atoms with Crippen LogP contribution in [0.1, 0.15) is 0 Å². The average molecular weight is 526 g/mol. The number of phenolic OH excluding ortho intramolecular Hbond substituents is 1. The van der Waals surface area contributed by atoms with Crippen molar-refractivity contribution >= 4 is 27.3 Å². The number of carboxylic acid groups (broad SMARTS) is 1. The largest absolute Gasteiger partial charge is 0.507 e. The molecule has 0 aliphatic carbocycles. The van der Waals surface area contributed by atoms with Crippen molar-refractivity contribution in [2.24, 2.45) is 0 Å². The standard InChI is InChI=1S/C21H18O14S/c22-12-5-10(33-21-18(26)16(24)17(25)19(34-21)20(27)28)6-13-14(12)15(23)11(7-32-13)8-1-3-9(4-2-8)35-36(29,30)31/h1-7,16-19,21-22,24-26H,(H,27,28)(H,29,30,31)/t16-,17-,18+,19-,21?/m0/s1. The summed E-state index contributed by atoms with van der Waals surface area (Å²) in [5.41, 5.74) is -0.593. The molecule has 0 saturated carbocycles. The fourth-order valence-corrected chi connectivity index (χ4v) is 3.92. The first-order valence-electron chi connectivity index (χ1n) is 10.0. The number of aromatic hydroxyl groups is 1. The van der Waals surface area contributed by atoms with Crippen LogP contribution >= 0.6 is 0 Å². The number of phenols is 1. The van der Waals surface area contributed by atoms with E-state index >= 15 is 0 Å². The number of aliphatic hydroxyl groups excluding tert-OH is 3. The molecule has 1 fully saturated rings. The van der Waals surface area contributed by atoms with Crippen molar-refractivity contribution < 1.29 is 61.4 Å². The molecule has 0 amide bonds. The Kier molecular flexibility index (Phi) is 6.61. The Morgan fingerprint density at radius 3 is 2.25 bits per heavy atom. The topological polar surface area (TPSA) is 230 Å². The molecule has 192 valence electrons. The summed E-state index contributed by atoms with van der Waals surface area (Å²) >= 11 is 0. The van der Waals surface area contributed by atoms with E-state index in [-0.39, 0.29) is 33.6 Å². The highest BCUT2D eigenvalue weighted by molar-refractivity contribution is 7.81. The van der Waals surface area contributed by atoms with E-state index in [1.54, 1.807) is 0 Å². The molecule has 15 heteroatoms. The quantitative estimate of drug-likeness (QED) is 0.225. The van der Waals surface area contributed by atoms with Gasteiger partial charge in [-0.2, -0.15) is 8.42 Å². The summed E-state index contributed by atoms with van der Waals surface area (Å²) in [5.74, 6) is -2.66. The fraction of sp³-hybridized carbons (Fsp3) is 0.238. The van der Waals surface area contributed by atoms with Gasteiger partial charge in [0.15, 0.2) is 6.10 Å². The van der Waals surface area contributed by atoms with Gasteiger partial charge in [-0.25, -0.2) is 4.79 Å². The van der Waals surface area contributed by atoms with Gasteiger partial charge in [0, 0.05) is 12.1 Å². The third-order valence-electron chi connectivity index (χ3n) is 5.26. The van der Waals surface area contributed by atoms with Crippen LogP contribution < -0.4 is 14.3 Å². The zero-order valence-electron chi connectivity index (χ0n) is 17.8. The van der Waals surface area contributed by atoms with E-state index in [9.17, 15) is 38.4 Å². The summed E-state index contributed by atoms with van der Waals surface area (Å²) in [7, 11) is -4.73. The molecule has 0 radical (unpaired) electrons. The molecule has 3 aromatic rings. The minimum atomic E-state index is -4.73. The van der Waals surface area contributed by atoms with Gasteiger partial charge in [-0.05, 0) is 17.7 Å². The first kappa shape index (κ1) is 25.4. The number of hydrogen-bond acceptors (Lipinski definition) is 12. The van der Waals surface area contributed by atoms with E-state index in [1.165, 1.54) is 24.3 Å². The number of benzene rings is 2. The van der Waals surface area contributed by atoms with E-state index in [0.717, 1.165) is 18.4 Å². The molecule has 4 rings (SSSR count). The predicted molar refractivity (Wildman–Crippen MR) is 117 cm³/mol. The smallest absolute Gasteiger partial charge is 0.446 e. The highest BCUT2D eigenvalue weighted by atomic mass is 32.3. The Morgan fingerprint density at radius 2 is 1.64 bits per heavy atom. The maximum absolute atomic E-state index is 13.0. The molecule has 1 aliphatic rings. The van der Waals surface area contributed by atoms with Gasteiger partial charge in [0.25, 0.3) is 0 Å². The molecule has 1 aliphatic heterocycles. The van der Waals surface area contributed by atoms with Gasteiger partial charge < -0.3 is 43.6 Å². The second-order valence-electron chi connectivity index (χ2n) is 7.68. The van der Waals surface area contributed by atoms with Gasteiger partial charge in [-0.1, -0.05) is 12.1 Å². The summed E-state index contributed by atoms with van der Waals surface area (Å²) in [4.78, 5) is 24.2. The van der Waals surface area contributed by atoms with Gasteiger partial charge in [-0.3, -0.25) is 9.35 Å². The number of rotatable bonds is 6. The van der Waals surface area contributed by atoms with Crippen molar-refractivity contribution in [3.8, 4) is 28.4 Å². The van der Waals surface area contributed by atoms with Gasteiger partial charge in [-0.15, -0.1) is 0 Å². The van der Waals surface area contributed by atoms with Crippen LogP contribution in [-0.2, 0) is 19.9 Å². The lowest BCUT2D eigenvalue weighted by atomic mass is 9.99. The molecule has 1 unspecified atom stereocenters. The Bertz CT molecular complexity index is 1460. The molecular weight excluding hydrogens is 508 g/mol. The third kappa shape index (κ3) is 4.97. The van der Waals surface area contributed by atoms with Crippen molar-refractivity contribution in [3.63, 3.8) is 0 Å². The Labute approximate surface area is 201 Å². The number of carboxylic acids is 1. The highest BCUT2D eigenvalue weighted by Crippen LogP contribution is 2.33. The van der Waals surface area contributed by atoms with Gasteiger partial charge >= 0.3 is 16.4 Å². The van der Waals surface area contributed by atoms with Crippen LogP contribution in [0.4, 0.5) is 0 Å². The van der Waals surface area contributed by atoms with E-state index < -0.39 is 58.3 Å². The molecule has 1 aromatic heterocycles. The highest BCUT2D eigenvalue weighted by Gasteiger charge is 2.48. The van der Waals surface area contributed by atoms with Crippen LogP contribution in [0.2, 0.25) is 0 Å². The van der Waals surface area contributed by atoms with Crippen molar-refractivity contribution in [3.05, 3.63) is 52.9 Å². The second-order valence-corrected chi connectivity index (χ2v) is 8.70. The van der Waals surface area contributed by atoms with Crippen molar-refractivity contribution in [1.82, 2.24) is 0 Å². The Hall–Kier alpha value is -3.73. The summed E-state index contributed by atoms with van der Waals surface area (Å²) in [6.07, 6.45) is -8.29. The number of carbonyl (C=O) groups is 1. The van der Waals surface area contributed by atoms with Crippen LogP contribution in [0.3, 0.4) is 0 Å². The summed E-state index contributed by atoms with van der Waals surface area (Å²) < 4.78 is 50.4. The number of aliphatic hydroxyl groups is 3. The SMILES string of the molecule is O=C(O)[C@H]1OC(Oc2cc(O)c3c(=O)c(-c4ccc(OS(=O)(=O)O)cc4)coc3c2)[C@H](O)[C@@H](O)[C@@H]1O. The lowest BCUT2D eigenvalue weighted by molar-refractivity contribution is -0.271. The first-order valence-corrected chi connectivity index (χ1v) is 11.4. The molecule has 1 saturated heterocycles. The third-order valence-corrected chi connectivity index (χ3v) is 5.67. The van der Waals surface area contributed by atoms with Crippen LogP contribution in [0, 0.1) is 0 Å². The summed E-state index contributed by atoms with van der Waals surface area (Å²) in [5, 5.41) is 49.1. The van der Waals surface area contributed by atoms with Crippen molar-refractivity contribution in [1.29, 1.82) is 0 Å². The summed E-state index contributed by atoms with van der Waals surface area (Å²) in [6.45, 7) is 0. The molecule has 2 aromatic carbocycles. The Balaban J connectivity index is 1.64. The molecule has 5 atom stereocenters. The normalized spacial score (nSPS) is 24.4. The molecular formula is C21H18O14S. The van der Waals surface area contributed by atoms with Gasteiger partial charge in [0.05, 0.1) is 5.56 Å². The van der Waals surface area contributed by atoms with Crippen LogP contribution in [-0.4, -0.2) is 75.2 Å². The molecule has 2 heterocycles. The van der Waals surface area contributed by atoms with Crippen molar-refractivity contribution in [2.45, 2.75) is 30.7 Å².